The number of hydrogen-bond acceptors (Lipinski definition) is 8. The van der Waals surface area contributed by atoms with Crippen molar-refractivity contribution in [3.8, 4) is 16.2 Å². The number of aromatic hydroxyl groups is 1. The maximum Gasteiger partial charge on any atom is 0.317 e. The van der Waals surface area contributed by atoms with E-state index in [2.05, 4.69) is 69.0 Å². The van der Waals surface area contributed by atoms with Crippen LogP contribution < -0.4 is 16.2 Å². The molecule has 9 nitrogen and oxygen atoms in total. The van der Waals surface area contributed by atoms with E-state index in [0.29, 0.717) is 29.5 Å². The lowest BCUT2D eigenvalue weighted by Gasteiger charge is -2.32. The largest absolute Gasteiger partial charge is 0.506 e. The number of ether oxygens (including phenoxy) is 1. The Morgan fingerprint density at radius 1 is 0.742 bits per heavy atom. The van der Waals surface area contributed by atoms with Crippen LogP contribution in [0.15, 0.2) is 150 Å². The van der Waals surface area contributed by atoms with Gasteiger partial charge in [0.2, 0.25) is 5.56 Å². The summed E-state index contributed by atoms with van der Waals surface area (Å²) in [6.07, 6.45) is 3.65. The molecule has 62 heavy (non-hydrogen) atoms. The number of aromatic nitrogens is 1. The molecule has 4 N–H and O–H groups in total. The van der Waals surface area contributed by atoms with Crippen molar-refractivity contribution in [3.63, 3.8) is 0 Å². The number of fused-ring (bicyclic) bond motifs is 1. The molecule has 0 saturated carbocycles. The number of benzene rings is 5. The third-order valence-corrected chi connectivity index (χ3v) is 12.9. The normalized spacial score (nSPS) is 13.8. The zero-order valence-corrected chi connectivity index (χ0v) is 35.5. The van der Waals surface area contributed by atoms with Gasteiger partial charge in [0.15, 0.2) is 0 Å². The van der Waals surface area contributed by atoms with Crippen LogP contribution in [0.4, 0.5) is 0 Å². The van der Waals surface area contributed by atoms with Gasteiger partial charge in [-0.2, -0.15) is 0 Å². The molecule has 0 spiro atoms. The predicted molar refractivity (Wildman–Crippen MR) is 248 cm³/mol. The van der Waals surface area contributed by atoms with E-state index in [0.717, 1.165) is 96.5 Å². The van der Waals surface area contributed by atoms with Gasteiger partial charge in [-0.3, -0.25) is 19.3 Å². The van der Waals surface area contributed by atoms with Gasteiger partial charge < -0.3 is 25.5 Å². The van der Waals surface area contributed by atoms with Crippen molar-refractivity contribution < 1.29 is 19.4 Å². The number of esters is 1. The van der Waals surface area contributed by atoms with Crippen LogP contribution in [0.3, 0.4) is 0 Å². The number of amides is 1. The topological polar surface area (TPSA) is 124 Å². The summed E-state index contributed by atoms with van der Waals surface area (Å²) in [6, 6.07) is 47.3. The Bertz CT molecular complexity index is 2620. The molecule has 1 aliphatic rings. The van der Waals surface area contributed by atoms with Crippen molar-refractivity contribution in [1.82, 2.24) is 20.5 Å². The first-order valence-electron chi connectivity index (χ1n) is 21.4. The number of nitrogens with one attached hydrogen (secondary N) is 3. The molecule has 1 amide bonds. The number of likely N-dealkylation sites (tertiary alicyclic amines) is 1. The van der Waals surface area contributed by atoms with Gasteiger partial charge in [-0.1, -0.05) is 115 Å². The summed E-state index contributed by atoms with van der Waals surface area (Å²) in [5, 5.41) is 17.5. The molecule has 8 rings (SSSR count). The van der Waals surface area contributed by atoms with Crippen LogP contribution in [-0.2, 0) is 35.5 Å². The fourth-order valence-corrected chi connectivity index (χ4v) is 9.12. The van der Waals surface area contributed by atoms with Crippen LogP contribution >= 0.6 is 11.3 Å². The molecule has 3 heterocycles. The SMILES string of the molecule is O=C(NCc1ccc(CCNCCc2ccc(O)c3[nH]c(=O)ccc23)cc1)c1ccc(-c2ccc(C(C(=O)OCC3CCN(Cc4ccccc4)CC3)c3ccccc3)cc2)s1. The number of phenolic OH excluding ortho intramolecular Hbond substituents is 1. The Morgan fingerprint density at radius 2 is 1.44 bits per heavy atom. The fourth-order valence-electron chi connectivity index (χ4n) is 8.19. The molecule has 1 unspecified atom stereocenters. The number of rotatable bonds is 17. The number of aromatic amines is 1. The first-order chi connectivity index (χ1) is 30.4. The Morgan fingerprint density at radius 3 is 2.19 bits per heavy atom. The van der Waals surface area contributed by atoms with Gasteiger partial charge in [0.25, 0.3) is 5.91 Å². The zero-order valence-electron chi connectivity index (χ0n) is 34.7. The van der Waals surface area contributed by atoms with Crippen LogP contribution in [0.1, 0.15) is 61.8 Å². The van der Waals surface area contributed by atoms with E-state index in [9.17, 15) is 19.5 Å². The maximum absolute atomic E-state index is 13.8. The second kappa shape index (κ2) is 20.5. The average molecular weight is 845 g/mol. The first kappa shape index (κ1) is 42.4. The molecule has 316 valence electrons. The van der Waals surface area contributed by atoms with Crippen molar-refractivity contribution in [2.24, 2.45) is 5.92 Å². The number of H-pyrrole nitrogens is 1. The van der Waals surface area contributed by atoms with Crippen LogP contribution in [-0.4, -0.2) is 59.7 Å². The molecule has 10 heteroatoms. The highest BCUT2D eigenvalue weighted by Gasteiger charge is 2.27. The summed E-state index contributed by atoms with van der Waals surface area (Å²) >= 11 is 1.45. The van der Waals surface area contributed by atoms with Crippen molar-refractivity contribution in [2.45, 2.75) is 44.7 Å². The second-order valence-electron chi connectivity index (χ2n) is 16.1. The molecule has 1 fully saturated rings. The van der Waals surface area contributed by atoms with Crippen molar-refractivity contribution in [2.75, 3.05) is 32.8 Å². The molecule has 2 aromatic heterocycles. The number of carbonyl (C=O) groups is 2. The number of phenols is 1. The Labute approximate surface area is 366 Å². The van der Waals surface area contributed by atoms with E-state index in [-0.39, 0.29) is 23.2 Å². The number of nitrogens with zero attached hydrogens (tertiary/aromatic N) is 1. The summed E-state index contributed by atoms with van der Waals surface area (Å²) in [5.74, 6) is -0.454. The molecule has 0 aliphatic carbocycles. The molecular weight excluding hydrogens is 793 g/mol. The molecule has 5 aromatic carbocycles. The van der Waals surface area contributed by atoms with Gasteiger partial charge in [-0.15, -0.1) is 11.3 Å². The quantitative estimate of drug-likeness (QED) is 0.0534. The van der Waals surface area contributed by atoms with Crippen molar-refractivity contribution in [3.05, 3.63) is 194 Å². The Hall–Kier alpha value is -6.33. The maximum atomic E-state index is 13.8. The van der Waals surface area contributed by atoms with Gasteiger partial charge in [0.1, 0.15) is 11.7 Å². The van der Waals surface area contributed by atoms with Gasteiger partial charge in [-0.25, -0.2) is 0 Å². The van der Waals surface area contributed by atoms with E-state index in [1.807, 2.05) is 78.9 Å². The van der Waals surface area contributed by atoms with Crippen LogP contribution in [0.5, 0.6) is 5.75 Å². The summed E-state index contributed by atoms with van der Waals surface area (Å²) in [5.41, 5.74) is 7.61. The monoisotopic (exact) mass is 844 g/mol. The van der Waals surface area contributed by atoms with E-state index in [1.165, 1.54) is 28.5 Å². The van der Waals surface area contributed by atoms with Gasteiger partial charge in [-0.05, 0) is 121 Å². The minimum atomic E-state index is -0.529. The van der Waals surface area contributed by atoms with Crippen LogP contribution in [0, 0.1) is 5.92 Å². The summed E-state index contributed by atoms with van der Waals surface area (Å²) < 4.78 is 6.05. The third kappa shape index (κ3) is 10.9. The highest BCUT2D eigenvalue weighted by Crippen LogP contribution is 2.33. The molecule has 1 saturated heterocycles. The number of hydrogen-bond donors (Lipinski definition) is 4. The summed E-state index contributed by atoms with van der Waals surface area (Å²) in [7, 11) is 0. The lowest BCUT2D eigenvalue weighted by Crippen LogP contribution is -2.35. The summed E-state index contributed by atoms with van der Waals surface area (Å²) in [6.45, 7) is 5.38. The summed E-state index contributed by atoms with van der Waals surface area (Å²) in [4.78, 5) is 45.5. The van der Waals surface area contributed by atoms with Gasteiger partial charge in [0.05, 0.1) is 17.0 Å². The lowest BCUT2D eigenvalue weighted by atomic mass is 9.90. The van der Waals surface area contributed by atoms with Crippen molar-refractivity contribution in [1.29, 1.82) is 0 Å². The number of thiophene rings is 1. The third-order valence-electron chi connectivity index (χ3n) is 11.7. The lowest BCUT2D eigenvalue weighted by molar-refractivity contribution is -0.146. The molecule has 0 radical (unpaired) electrons. The van der Waals surface area contributed by atoms with E-state index < -0.39 is 5.92 Å². The fraction of sp³-hybridized carbons (Fsp3) is 0.250. The zero-order chi connectivity index (χ0) is 42.7. The van der Waals surface area contributed by atoms with E-state index in [1.54, 1.807) is 12.1 Å². The van der Waals surface area contributed by atoms with Crippen LogP contribution in [0.25, 0.3) is 21.3 Å². The Kier molecular flexibility index (Phi) is 14.0. The number of carbonyl (C=O) groups excluding carboxylic acids is 2. The highest BCUT2D eigenvalue weighted by atomic mass is 32.1. The molecule has 1 atom stereocenters. The van der Waals surface area contributed by atoms with Crippen LogP contribution in [0.2, 0.25) is 0 Å². The molecule has 7 aromatic rings. The average Bonchev–Trinajstić information content (AvgIpc) is 3.81. The number of piperidine rings is 1. The molecule has 0 bridgehead atoms. The van der Waals surface area contributed by atoms with Crippen molar-refractivity contribution >= 4 is 34.1 Å². The second-order valence-corrected chi connectivity index (χ2v) is 17.2. The predicted octanol–water partition coefficient (Wildman–Crippen LogP) is 8.85. The van der Waals surface area contributed by atoms with E-state index in [4.69, 9.17) is 4.74 Å². The van der Waals surface area contributed by atoms with Gasteiger partial charge >= 0.3 is 5.97 Å². The molecule has 1 aliphatic heterocycles. The minimum Gasteiger partial charge on any atom is -0.506 e. The standard InChI is InChI=1S/C52H52N4O5S/c57-45-21-19-40(44-20-24-48(58)55-50(44)45)26-30-53-29-25-36-11-13-37(14-12-36)33-54-51(59)47-23-22-46(62-47)41-15-17-43(18-16-41)49(42-9-5-2-6-10-42)52(60)61-35-39-27-31-56(32-28-39)34-38-7-3-1-4-8-38/h1-24,39,49,53,57H,25-35H2,(H,54,59)(H,55,58). The van der Waals surface area contributed by atoms with E-state index >= 15 is 0 Å². The molecular formula is C52H52N4O5S. The first-order valence-corrected chi connectivity index (χ1v) is 22.3. The number of pyridine rings is 1. The smallest absolute Gasteiger partial charge is 0.317 e. The Balaban J connectivity index is 0.792. The minimum absolute atomic E-state index is 0.0725. The highest BCUT2D eigenvalue weighted by molar-refractivity contribution is 7.17. The van der Waals surface area contributed by atoms with Gasteiger partial charge in [0, 0.05) is 29.4 Å².